The second-order valence-corrected chi connectivity index (χ2v) is 6.64. The molecule has 4 fully saturated rings. The molecular weight excluding hydrogens is 192 g/mol. The van der Waals surface area contributed by atoms with Gasteiger partial charge in [0, 0.05) is 5.41 Å². The molecule has 0 N–H and O–H groups in total. The van der Waals surface area contributed by atoms with Gasteiger partial charge in [-0.25, -0.2) is 0 Å². The van der Waals surface area contributed by atoms with E-state index in [0.29, 0.717) is 5.41 Å². The van der Waals surface area contributed by atoms with Crippen molar-refractivity contribution < 1.29 is 0 Å². The SMILES string of the molecule is C#CC12CC3CC(C1)CC(C(C)=CC)(C3)C2. The first-order valence-electron chi connectivity index (χ1n) is 6.73. The molecule has 0 heteroatoms. The molecule has 4 bridgehead atoms. The van der Waals surface area contributed by atoms with Crippen LogP contribution >= 0.6 is 0 Å². The Kier molecular flexibility index (Phi) is 2.06. The highest BCUT2D eigenvalue weighted by Gasteiger charge is 2.57. The fourth-order valence-corrected chi connectivity index (χ4v) is 5.20. The predicted octanol–water partition coefficient (Wildman–Crippen LogP) is 4.17. The topological polar surface area (TPSA) is 0 Å². The van der Waals surface area contributed by atoms with Crippen LogP contribution in [0.2, 0.25) is 0 Å². The van der Waals surface area contributed by atoms with Crippen molar-refractivity contribution in [3.05, 3.63) is 11.6 Å². The average molecular weight is 214 g/mol. The van der Waals surface area contributed by atoms with Gasteiger partial charge in [-0.05, 0) is 69.6 Å². The van der Waals surface area contributed by atoms with E-state index in [-0.39, 0.29) is 5.41 Å². The van der Waals surface area contributed by atoms with E-state index in [2.05, 4.69) is 25.8 Å². The van der Waals surface area contributed by atoms with Gasteiger partial charge in [-0.3, -0.25) is 0 Å². The summed E-state index contributed by atoms with van der Waals surface area (Å²) in [4.78, 5) is 0. The van der Waals surface area contributed by atoms with E-state index in [1.807, 2.05) is 0 Å². The van der Waals surface area contributed by atoms with Crippen LogP contribution in [0.5, 0.6) is 0 Å². The predicted molar refractivity (Wildman–Crippen MR) is 67.8 cm³/mol. The molecule has 0 spiro atoms. The third-order valence-corrected chi connectivity index (χ3v) is 5.64. The summed E-state index contributed by atoms with van der Waals surface area (Å²) in [5, 5.41) is 0. The summed E-state index contributed by atoms with van der Waals surface area (Å²) >= 11 is 0. The fraction of sp³-hybridized carbons (Fsp3) is 0.750. The molecule has 0 aromatic carbocycles. The van der Waals surface area contributed by atoms with Crippen molar-refractivity contribution in [3.63, 3.8) is 0 Å². The summed E-state index contributed by atoms with van der Waals surface area (Å²) in [5.41, 5.74) is 2.38. The highest BCUT2D eigenvalue weighted by molar-refractivity contribution is 5.25. The number of rotatable bonds is 1. The molecule has 0 aromatic rings. The van der Waals surface area contributed by atoms with E-state index in [0.717, 1.165) is 11.8 Å². The van der Waals surface area contributed by atoms with Gasteiger partial charge in [0.15, 0.2) is 0 Å². The molecule has 4 aliphatic carbocycles. The quantitative estimate of drug-likeness (QED) is 0.454. The minimum absolute atomic E-state index is 0.272. The van der Waals surface area contributed by atoms with E-state index in [4.69, 9.17) is 6.42 Å². The molecule has 0 nitrogen and oxygen atoms in total. The van der Waals surface area contributed by atoms with Crippen molar-refractivity contribution in [2.24, 2.45) is 22.7 Å². The van der Waals surface area contributed by atoms with Crippen LogP contribution in [0.4, 0.5) is 0 Å². The lowest BCUT2D eigenvalue weighted by Crippen LogP contribution is -2.51. The Hall–Kier alpha value is -0.700. The van der Waals surface area contributed by atoms with Crippen LogP contribution in [0.3, 0.4) is 0 Å². The van der Waals surface area contributed by atoms with Crippen LogP contribution in [0.15, 0.2) is 11.6 Å². The van der Waals surface area contributed by atoms with Crippen LogP contribution < -0.4 is 0 Å². The smallest absolute Gasteiger partial charge is 0.0325 e. The molecule has 2 unspecified atom stereocenters. The zero-order valence-corrected chi connectivity index (χ0v) is 10.6. The van der Waals surface area contributed by atoms with E-state index in [9.17, 15) is 0 Å². The summed E-state index contributed by atoms with van der Waals surface area (Å²) < 4.78 is 0. The molecule has 0 aromatic heterocycles. The number of hydrogen-bond donors (Lipinski definition) is 0. The van der Waals surface area contributed by atoms with Crippen molar-refractivity contribution >= 4 is 0 Å². The Balaban J connectivity index is 2.02. The van der Waals surface area contributed by atoms with E-state index in [1.165, 1.54) is 38.5 Å². The minimum Gasteiger partial charge on any atom is -0.120 e. The second kappa shape index (κ2) is 3.16. The molecule has 2 atom stereocenters. The maximum Gasteiger partial charge on any atom is 0.0325 e. The van der Waals surface area contributed by atoms with Crippen LogP contribution in [-0.4, -0.2) is 0 Å². The summed E-state index contributed by atoms with van der Waals surface area (Å²) in [6.45, 7) is 4.52. The molecule has 0 saturated heterocycles. The second-order valence-electron chi connectivity index (χ2n) is 6.64. The highest BCUT2D eigenvalue weighted by atomic mass is 14.6. The summed E-state index contributed by atoms with van der Waals surface area (Å²) in [5.74, 6) is 5.03. The molecule has 4 saturated carbocycles. The number of terminal acetylenes is 1. The zero-order chi connectivity index (χ0) is 11.4. The van der Waals surface area contributed by atoms with Crippen molar-refractivity contribution in [1.29, 1.82) is 0 Å². The highest BCUT2D eigenvalue weighted by Crippen LogP contribution is 2.67. The van der Waals surface area contributed by atoms with Gasteiger partial charge in [-0.15, -0.1) is 6.42 Å². The maximum absolute atomic E-state index is 5.86. The van der Waals surface area contributed by atoms with Crippen LogP contribution in [-0.2, 0) is 0 Å². The van der Waals surface area contributed by atoms with Crippen molar-refractivity contribution in [2.45, 2.75) is 52.4 Å². The average Bonchev–Trinajstić information content (AvgIpc) is 2.26. The van der Waals surface area contributed by atoms with Crippen LogP contribution in [0.1, 0.15) is 52.4 Å². The molecule has 4 aliphatic rings. The standard InChI is InChI=1S/C16H22/c1-4-12(3)16-9-13-6-14(10-16)8-15(5-2,7-13)11-16/h2,4,13-14H,6-11H2,1,3H3. The lowest BCUT2D eigenvalue weighted by Gasteiger charge is -2.61. The lowest BCUT2D eigenvalue weighted by atomic mass is 9.43. The van der Waals surface area contributed by atoms with Crippen LogP contribution in [0, 0.1) is 35.0 Å². The van der Waals surface area contributed by atoms with E-state index >= 15 is 0 Å². The van der Waals surface area contributed by atoms with E-state index < -0.39 is 0 Å². The minimum atomic E-state index is 0.272. The summed E-state index contributed by atoms with van der Waals surface area (Å²) in [6.07, 6.45) is 16.4. The van der Waals surface area contributed by atoms with Gasteiger partial charge in [-0.1, -0.05) is 17.6 Å². The first kappa shape index (κ1) is 10.5. The third kappa shape index (κ3) is 1.24. The Morgan fingerprint density at radius 3 is 2.38 bits per heavy atom. The number of allylic oxidation sites excluding steroid dienone is 2. The monoisotopic (exact) mass is 214 g/mol. The molecule has 86 valence electrons. The Labute approximate surface area is 99.5 Å². The molecule has 0 amide bonds. The molecular formula is C16H22. The van der Waals surface area contributed by atoms with Crippen molar-refractivity contribution in [1.82, 2.24) is 0 Å². The zero-order valence-electron chi connectivity index (χ0n) is 10.6. The molecule has 0 radical (unpaired) electrons. The first-order valence-corrected chi connectivity index (χ1v) is 6.73. The van der Waals surface area contributed by atoms with Crippen molar-refractivity contribution in [2.75, 3.05) is 0 Å². The fourth-order valence-electron chi connectivity index (χ4n) is 5.20. The Morgan fingerprint density at radius 1 is 1.25 bits per heavy atom. The first-order chi connectivity index (χ1) is 7.61. The third-order valence-electron chi connectivity index (χ3n) is 5.64. The lowest BCUT2D eigenvalue weighted by molar-refractivity contribution is -0.0632. The van der Waals surface area contributed by atoms with E-state index in [1.54, 1.807) is 5.57 Å². The molecule has 0 heterocycles. The Morgan fingerprint density at radius 2 is 1.88 bits per heavy atom. The van der Waals surface area contributed by atoms with Crippen LogP contribution in [0.25, 0.3) is 0 Å². The van der Waals surface area contributed by atoms with Gasteiger partial charge < -0.3 is 0 Å². The largest absolute Gasteiger partial charge is 0.120 e. The van der Waals surface area contributed by atoms with Gasteiger partial charge >= 0.3 is 0 Å². The molecule has 0 aliphatic heterocycles. The summed E-state index contributed by atoms with van der Waals surface area (Å²) in [6, 6.07) is 0. The Bertz CT molecular complexity index is 365. The van der Waals surface area contributed by atoms with Gasteiger partial charge in [-0.2, -0.15) is 0 Å². The molecule has 16 heavy (non-hydrogen) atoms. The van der Waals surface area contributed by atoms with Gasteiger partial charge in [0.1, 0.15) is 0 Å². The normalized spacial score (nSPS) is 50.4. The van der Waals surface area contributed by atoms with Gasteiger partial charge in [0.2, 0.25) is 0 Å². The summed E-state index contributed by atoms with van der Waals surface area (Å²) in [7, 11) is 0. The van der Waals surface area contributed by atoms with Gasteiger partial charge in [0.05, 0.1) is 0 Å². The van der Waals surface area contributed by atoms with Crippen molar-refractivity contribution in [3.8, 4) is 12.3 Å². The maximum atomic E-state index is 5.86. The number of hydrogen-bond acceptors (Lipinski definition) is 0. The van der Waals surface area contributed by atoms with Gasteiger partial charge in [0.25, 0.3) is 0 Å². The molecule has 4 rings (SSSR count).